The highest BCUT2D eigenvalue weighted by atomic mass is 16.7. The number of rotatable bonds is 6. The Bertz CT molecular complexity index is 1250. The van der Waals surface area contributed by atoms with E-state index in [1.165, 1.54) is 13.2 Å². The zero-order valence-electron chi connectivity index (χ0n) is 19.4. The lowest BCUT2D eigenvalue weighted by Crippen LogP contribution is -2.60. The number of hydrogen-bond acceptors (Lipinski definition) is 14. The van der Waals surface area contributed by atoms with Crippen LogP contribution in [0.1, 0.15) is 15.9 Å². The summed E-state index contributed by atoms with van der Waals surface area (Å²) < 4.78 is 26.4. The predicted molar refractivity (Wildman–Crippen MR) is 120 cm³/mol. The number of carbonyl (C=O) groups is 1. The number of phenols is 4. The molecule has 8 N–H and O–H groups in total. The van der Waals surface area contributed by atoms with Gasteiger partial charge in [-0.15, -0.1) is 0 Å². The van der Waals surface area contributed by atoms with Crippen LogP contribution in [0.15, 0.2) is 17.9 Å². The summed E-state index contributed by atoms with van der Waals surface area (Å²) >= 11 is 0. The molecule has 4 rings (SSSR count). The van der Waals surface area contributed by atoms with E-state index < -0.39 is 71.7 Å². The van der Waals surface area contributed by atoms with Crippen LogP contribution in [0.3, 0.4) is 0 Å². The minimum absolute atomic E-state index is 0.109. The summed E-state index contributed by atoms with van der Waals surface area (Å²) in [6.07, 6.45) is -6.77. The average Bonchev–Trinajstić information content (AvgIpc) is 3.19. The quantitative estimate of drug-likeness (QED) is 0.173. The molecule has 0 spiro atoms. The second kappa shape index (κ2) is 9.84. The number of Topliss-reactive ketones (excluding diaryl/α,β-unsaturated/α-hetero) is 1. The van der Waals surface area contributed by atoms with E-state index in [2.05, 4.69) is 0 Å². The molecule has 2 aliphatic heterocycles. The lowest BCUT2D eigenvalue weighted by molar-refractivity contribution is -0.277. The molecule has 5 atom stereocenters. The van der Waals surface area contributed by atoms with Crippen molar-refractivity contribution in [2.45, 2.75) is 30.7 Å². The number of ketones is 1. The Hall–Kier alpha value is -3.95. The van der Waals surface area contributed by atoms with Gasteiger partial charge in [0.1, 0.15) is 30.0 Å². The van der Waals surface area contributed by atoms with Crippen LogP contribution in [0.5, 0.6) is 46.0 Å². The summed E-state index contributed by atoms with van der Waals surface area (Å²) in [5.41, 5.74) is -0.310. The number of aromatic hydroxyl groups is 4. The van der Waals surface area contributed by atoms with Crippen LogP contribution in [-0.2, 0) is 4.74 Å². The van der Waals surface area contributed by atoms with Gasteiger partial charge in [0.2, 0.25) is 35.1 Å². The van der Waals surface area contributed by atoms with Gasteiger partial charge in [-0.1, -0.05) is 0 Å². The summed E-state index contributed by atoms with van der Waals surface area (Å²) in [7, 11) is 2.38. The monoisotopic (exact) mass is 524 g/mol. The fourth-order valence-corrected chi connectivity index (χ4v) is 3.93. The zero-order chi connectivity index (χ0) is 27.2. The number of aliphatic hydroxyl groups excluding tert-OH is 4. The Kier molecular flexibility index (Phi) is 6.94. The van der Waals surface area contributed by atoms with Crippen molar-refractivity contribution in [3.63, 3.8) is 0 Å². The van der Waals surface area contributed by atoms with Crippen molar-refractivity contribution >= 4 is 11.9 Å². The third kappa shape index (κ3) is 4.30. The van der Waals surface area contributed by atoms with E-state index in [1.807, 2.05) is 0 Å². The van der Waals surface area contributed by atoms with Gasteiger partial charge in [0.25, 0.3) is 0 Å². The van der Waals surface area contributed by atoms with E-state index in [4.69, 9.17) is 23.7 Å². The fourth-order valence-electron chi connectivity index (χ4n) is 3.93. The van der Waals surface area contributed by atoms with Gasteiger partial charge >= 0.3 is 0 Å². The van der Waals surface area contributed by atoms with Crippen molar-refractivity contribution in [3.8, 4) is 46.0 Å². The highest BCUT2D eigenvalue weighted by molar-refractivity contribution is 6.17. The molecule has 0 aromatic heterocycles. The van der Waals surface area contributed by atoms with E-state index in [1.54, 1.807) is 0 Å². The molecule has 14 heteroatoms. The van der Waals surface area contributed by atoms with E-state index >= 15 is 0 Å². The second-order valence-electron chi connectivity index (χ2n) is 8.11. The van der Waals surface area contributed by atoms with Crippen LogP contribution >= 0.6 is 0 Å². The molecule has 0 bridgehead atoms. The number of hydrogen-bond donors (Lipinski definition) is 8. The van der Waals surface area contributed by atoms with Crippen LogP contribution in [0.4, 0.5) is 0 Å². The zero-order valence-corrected chi connectivity index (χ0v) is 19.4. The second-order valence-corrected chi connectivity index (χ2v) is 8.11. The van der Waals surface area contributed by atoms with Gasteiger partial charge < -0.3 is 64.5 Å². The molecule has 200 valence electrons. The van der Waals surface area contributed by atoms with Gasteiger partial charge in [0.05, 0.1) is 20.8 Å². The molecule has 5 unspecified atom stereocenters. The fraction of sp³-hybridized carbons (Fsp3) is 0.348. The van der Waals surface area contributed by atoms with Crippen molar-refractivity contribution in [2.75, 3.05) is 20.8 Å². The van der Waals surface area contributed by atoms with Crippen molar-refractivity contribution < 1.29 is 69.3 Å². The van der Waals surface area contributed by atoms with Crippen molar-refractivity contribution in [2.24, 2.45) is 0 Å². The Balaban J connectivity index is 1.66. The maximum atomic E-state index is 12.8. The standard InChI is InChI=1S/C23H24O14/c1-33-10-5-7(3-8(25)20(10)37-23-19(32)16(29)14(27)11(6-24)36-23)4-9-13(26)12-15(28)17(30)18(31)22(34-2)21(12)35-9/h3-5,11,14,16,19,23-25,27-32H,6H2,1-2H3. The van der Waals surface area contributed by atoms with E-state index in [-0.39, 0.29) is 34.3 Å². The Labute approximate surface area is 208 Å². The van der Waals surface area contributed by atoms with E-state index in [0.29, 0.717) is 0 Å². The van der Waals surface area contributed by atoms with Gasteiger partial charge in [-0.2, -0.15) is 0 Å². The molecule has 1 fully saturated rings. The summed E-state index contributed by atoms with van der Waals surface area (Å²) in [6.45, 7) is -0.688. The first kappa shape index (κ1) is 26.1. The maximum absolute atomic E-state index is 12.8. The average molecular weight is 524 g/mol. The summed E-state index contributed by atoms with van der Waals surface area (Å²) in [5, 5.41) is 80.0. The minimum atomic E-state index is -1.75. The molecule has 2 aromatic carbocycles. The number of fused-ring (bicyclic) bond motifs is 1. The highest BCUT2D eigenvalue weighted by Gasteiger charge is 2.45. The number of methoxy groups -OCH3 is 2. The first-order valence-corrected chi connectivity index (χ1v) is 10.7. The van der Waals surface area contributed by atoms with Gasteiger partial charge in [-0.3, -0.25) is 4.79 Å². The number of carbonyl (C=O) groups excluding carboxylic acids is 1. The molecule has 37 heavy (non-hydrogen) atoms. The van der Waals surface area contributed by atoms with E-state index in [0.717, 1.165) is 19.3 Å². The van der Waals surface area contributed by atoms with Crippen molar-refractivity contribution in [1.82, 2.24) is 0 Å². The molecule has 0 radical (unpaired) electrons. The van der Waals surface area contributed by atoms with Crippen LogP contribution in [0, 0.1) is 0 Å². The largest absolute Gasteiger partial charge is 0.504 e. The van der Waals surface area contributed by atoms with Gasteiger partial charge in [0.15, 0.2) is 28.8 Å². The van der Waals surface area contributed by atoms with Crippen molar-refractivity contribution in [1.29, 1.82) is 0 Å². The molecule has 0 saturated carbocycles. The smallest absolute Gasteiger partial charge is 0.236 e. The molecule has 14 nitrogen and oxygen atoms in total. The third-order valence-electron chi connectivity index (χ3n) is 5.86. The number of benzene rings is 2. The Morgan fingerprint density at radius 1 is 0.919 bits per heavy atom. The predicted octanol–water partition coefficient (Wildman–Crippen LogP) is -0.679. The lowest BCUT2D eigenvalue weighted by Gasteiger charge is -2.39. The number of allylic oxidation sites excluding steroid dienone is 1. The molecule has 2 aromatic rings. The summed E-state index contributed by atoms with van der Waals surface area (Å²) in [5.74, 6) is -5.64. The maximum Gasteiger partial charge on any atom is 0.236 e. The van der Waals surface area contributed by atoms with Crippen LogP contribution in [0.2, 0.25) is 0 Å². The molecule has 2 aliphatic rings. The normalized spacial score (nSPS) is 26.1. The lowest BCUT2D eigenvalue weighted by atomic mass is 9.99. The van der Waals surface area contributed by atoms with Crippen LogP contribution in [0.25, 0.3) is 6.08 Å². The van der Waals surface area contributed by atoms with Crippen LogP contribution in [-0.4, -0.2) is 98.2 Å². The highest BCUT2D eigenvalue weighted by Crippen LogP contribution is 2.55. The molecular weight excluding hydrogens is 500 g/mol. The molecular formula is C23H24O14. The first-order chi connectivity index (χ1) is 17.5. The summed E-state index contributed by atoms with van der Waals surface area (Å²) in [4.78, 5) is 12.8. The molecule has 0 amide bonds. The summed E-state index contributed by atoms with van der Waals surface area (Å²) in [6, 6.07) is 2.43. The minimum Gasteiger partial charge on any atom is -0.504 e. The van der Waals surface area contributed by atoms with E-state index in [9.17, 15) is 45.6 Å². The molecule has 2 heterocycles. The van der Waals surface area contributed by atoms with Crippen LogP contribution < -0.4 is 18.9 Å². The number of aliphatic hydroxyl groups is 4. The third-order valence-corrected chi connectivity index (χ3v) is 5.86. The first-order valence-electron chi connectivity index (χ1n) is 10.7. The molecule has 0 aliphatic carbocycles. The number of ether oxygens (including phenoxy) is 5. The molecule has 1 saturated heterocycles. The topological polar surface area (TPSA) is 225 Å². The van der Waals surface area contributed by atoms with Gasteiger partial charge in [-0.25, -0.2) is 0 Å². The number of phenolic OH excluding ortho intramolecular Hbond substituents is 4. The van der Waals surface area contributed by atoms with Crippen molar-refractivity contribution in [3.05, 3.63) is 29.0 Å². The Morgan fingerprint density at radius 2 is 1.62 bits per heavy atom. The Morgan fingerprint density at radius 3 is 2.24 bits per heavy atom. The van der Waals surface area contributed by atoms with Gasteiger partial charge in [0, 0.05) is 0 Å². The SMILES string of the molecule is COc1cc(C=C2Oc3c(OC)c(O)c(O)c(O)c3C2=O)cc(O)c1OC1OC(CO)C(O)C(O)C1O. The van der Waals surface area contributed by atoms with Gasteiger partial charge in [-0.05, 0) is 23.8 Å².